The zero-order chi connectivity index (χ0) is 16.7. The molecule has 1 heterocycles. The molecule has 0 atom stereocenters. The van der Waals surface area contributed by atoms with Gasteiger partial charge in [-0.3, -0.25) is 14.5 Å². The van der Waals surface area contributed by atoms with Crippen molar-refractivity contribution in [1.82, 2.24) is 4.90 Å². The first kappa shape index (κ1) is 15.5. The number of hydrogen-bond donors (Lipinski definition) is 1. The van der Waals surface area contributed by atoms with E-state index in [2.05, 4.69) is 0 Å². The highest BCUT2D eigenvalue weighted by Crippen LogP contribution is 2.36. The fourth-order valence-corrected chi connectivity index (χ4v) is 3.17. The molecule has 0 spiro atoms. The third-order valence-corrected chi connectivity index (χ3v) is 4.28. The number of hydrogen-bond acceptors (Lipinski definition) is 4. The summed E-state index contributed by atoms with van der Waals surface area (Å²) >= 11 is 0. The molecule has 1 aliphatic rings. The molecular weight excluding hydrogens is 292 g/mol. The van der Waals surface area contributed by atoms with Gasteiger partial charge >= 0.3 is 0 Å². The first-order chi connectivity index (χ1) is 11.0. The molecule has 2 aromatic carbocycles. The molecule has 0 unspecified atom stereocenters. The lowest BCUT2D eigenvalue weighted by Gasteiger charge is -2.31. The number of carbonyl (C=O) groups excluding carboxylic acids is 2. The van der Waals surface area contributed by atoms with Crippen molar-refractivity contribution in [2.45, 2.75) is 19.9 Å². The van der Waals surface area contributed by atoms with Crippen molar-refractivity contribution in [2.75, 3.05) is 25.1 Å². The second kappa shape index (κ2) is 5.66. The standard InChI is InChI=1S/C18H20N2O3/c1-11(2)20-17(22)13-6-4-5-12-15(19(3)9-10-21)8-7-14(16(12)13)18(20)23/h4-8,11,21H,9-10H2,1-3H3. The smallest absolute Gasteiger partial charge is 0.261 e. The van der Waals surface area contributed by atoms with E-state index in [1.54, 1.807) is 12.1 Å². The summed E-state index contributed by atoms with van der Waals surface area (Å²) in [5, 5.41) is 10.7. The summed E-state index contributed by atoms with van der Waals surface area (Å²) in [6.07, 6.45) is 0. The van der Waals surface area contributed by atoms with Crippen LogP contribution in [0.2, 0.25) is 0 Å². The summed E-state index contributed by atoms with van der Waals surface area (Å²) in [7, 11) is 1.88. The maximum absolute atomic E-state index is 12.7. The lowest BCUT2D eigenvalue weighted by atomic mass is 9.92. The van der Waals surface area contributed by atoms with E-state index in [4.69, 9.17) is 5.11 Å². The summed E-state index contributed by atoms with van der Waals surface area (Å²) in [5.41, 5.74) is 2.02. The number of nitrogens with zero attached hydrogens (tertiary/aromatic N) is 2. The van der Waals surface area contributed by atoms with Crippen molar-refractivity contribution >= 4 is 28.3 Å². The zero-order valence-corrected chi connectivity index (χ0v) is 13.5. The van der Waals surface area contributed by atoms with E-state index in [-0.39, 0.29) is 24.5 Å². The van der Waals surface area contributed by atoms with E-state index in [0.29, 0.717) is 23.1 Å². The van der Waals surface area contributed by atoms with E-state index < -0.39 is 0 Å². The molecule has 0 aliphatic carbocycles. The van der Waals surface area contributed by atoms with Crippen LogP contribution in [0.3, 0.4) is 0 Å². The van der Waals surface area contributed by atoms with E-state index in [9.17, 15) is 9.59 Å². The Bertz CT molecular complexity index is 776. The molecule has 0 saturated carbocycles. The second-order valence-electron chi connectivity index (χ2n) is 6.08. The van der Waals surface area contributed by atoms with Crippen LogP contribution in [0.25, 0.3) is 10.8 Å². The van der Waals surface area contributed by atoms with Gasteiger partial charge in [-0.25, -0.2) is 0 Å². The van der Waals surface area contributed by atoms with Crippen molar-refractivity contribution < 1.29 is 14.7 Å². The fraction of sp³-hybridized carbons (Fsp3) is 0.333. The maximum Gasteiger partial charge on any atom is 0.261 e. The number of aliphatic hydroxyl groups excluding tert-OH is 1. The summed E-state index contributed by atoms with van der Waals surface area (Å²) in [6, 6.07) is 8.99. The van der Waals surface area contributed by atoms with Crippen LogP contribution in [0.4, 0.5) is 5.69 Å². The molecule has 0 bridgehead atoms. The maximum atomic E-state index is 12.7. The molecule has 0 aromatic heterocycles. The Morgan fingerprint density at radius 3 is 2.35 bits per heavy atom. The van der Waals surface area contributed by atoms with Crippen LogP contribution in [-0.2, 0) is 0 Å². The number of amides is 2. The van der Waals surface area contributed by atoms with Gasteiger partial charge in [0.1, 0.15) is 0 Å². The van der Waals surface area contributed by atoms with Gasteiger partial charge in [0.15, 0.2) is 0 Å². The number of imide groups is 1. The van der Waals surface area contributed by atoms with Gasteiger partial charge in [-0.1, -0.05) is 12.1 Å². The predicted molar refractivity (Wildman–Crippen MR) is 89.9 cm³/mol. The lowest BCUT2D eigenvalue weighted by molar-refractivity contribution is 0.0564. The Balaban J connectivity index is 2.28. The van der Waals surface area contributed by atoms with E-state index in [0.717, 1.165) is 11.1 Å². The number of rotatable bonds is 4. The minimum Gasteiger partial charge on any atom is -0.395 e. The Labute approximate surface area is 135 Å². The highest BCUT2D eigenvalue weighted by molar-refractivity contribution is 6.26. The normalized spacial score (nSPS) is 14.0. The summed E-state index contributed by atoms with van der Waals surface area (Å²) in [6.45, 7) is 4.20. The first-order valence-electron chi connectivity index (χ1n) is 7.73. The highest BCUT2D eigenvalue weighted by Gasteiger charge is 2.34. The van der Waals surface area contributed by atoms with Crippen LogP contribution in [0.5, 0.6) is 0 Å². The number of anilines is 1. The minimum absolute atomic E-state index is 0.0401. The Hall–Kier alpha value is -2.40. The molecule has 1 N–H and O–H groups in total. The third kappa shape index (κ3) is 2.28. The molecule has 2 aromatic rings. The molecule has 1 aliphatic heterocycles. The van der Waals surface area contributed by atoms with Gasteiger partial charge in [-0.2, -0.15) is 0 Å². The van der Waals surface area contributed by atoms with Crippen LogP contribution in [0, 0.1) is 0 Å². The number of carbonyl (C=O) groups is 2. The molecule has 120 valence electrons. The van der Waals surface area contributed by atoms with Crippen molar-refractivity contribution in [2.24, 2.45) is 0 Å². The summed E-state index contributed by atoms with van der Waals surface area (Å²) in [5.74, 6) is -0.491. The molecule has 0 radical (unpaired) electrons. The van der Waals surface area contributed by atoms with Crippen LogP contribution in [0.15, 0.2) is 30.3 Å². The Morgan fingerprint density at radius 2 is 1.74 bits per heavy atom. The Morgan fingerprint density at radius 1 is 1.09 bits per heavy atom. The summed E-state index contributed by atoms with van der Waals surface area (Å²) < 4.78 is 0. The molecule has 2 amide bonds. The van der Waals surface area contributed by atoms with Crippen molar-refractivity contribution in [3.63, 3.8) is 0 Å². The molecule has 3 rings (SSSR count). The average molecular weight is 312 g/mol. The van der Waals surface area contributed by atoms with Crippen LogP contribution < -0.4 is 4.90 Å². The van der Waals surface area contributed by atoms with E-state index in [1.807, 2.05) is 44.0 Å². The SMILES string of the molecule is CC(C)N1C(=O)c2cccc3c(N(C)CCO)ccc(c23)C1=O. The van der Waals surface area contributed by atoms with Crippen LogP contribution >= 0.6 is 0 Å². The summed E-state index contributed by atoms with van der Waals surface area (Å²) in [4.78, 5) is 28.7. The van der Waals surface area contributed by atoms with Gasteiger partial charge in [0.25, 0.3) is 11.8 Å². The highest BCUT2D eigenvalue weighted by atomic mass is 16.3. The molecule has 0 fully saturated rings. The van der Waals surface area contributed by atoms with Gasteiger partial charge < -0.3 is 10.0 Å². The fourth-order valence-electron chi connectivity index (χ4n) is 3.17. The third-order valence-electron chi connectivity index (χ3n) is 4.28. The van der Waals surface area contributed by atoms with Gasteiger partial charge in [-0.05, 0) is 32.0 Å². The molecule has 5 nitrogen and oxygen atoms in total. The predicted octanol–water partition coefficient (Wildman–Crippen LogP) is 2.27. The van der Waals surface area contributed by atoms with E-state index in [1.165, 1.54) is 4.90 Å². The van der Waals surface area contributed by atoms with Gasteiger partial charge in [0, 0.05) is 47.2 Å². The van der Waals surface area contributed by atoms with Gasteiger partial charge in [0.05, 0.1) is 6.61 Å². The zero-order valence-electron chi connectivity index (χ0n) is 13.5. The number of benzene rings is 2. The van der Waals surface area contributed by atoms with Crippen molar-refractivity contribution in [1.29, 1.82) is 0 Å². The number of aliphatic hydroxyl groups is 1. The topological polar surface area (TPSA) is 60.9 Å². The lowest BCUT2D eigenvalue weighted by Crippen LogP contribution is -2.44. The number of likely N-dealkylation sites (N-methyl/N-ethyl adjacent to an activating group) is 1. The average Bonchev–Trinajstić information content (AvgIpc) is 2.52. The second-order valence-corrected chi connectivity index (χ2v) is 6.08. The monoisotopic (exact) mass is 312 g/mol. The first-order valence-corrected chi connectivity index (χ1v) is 7.73. The van der Waals surface area contributed by atoms with Crippen molar-refractivity contribution in [3.05, 3.63) is 41.5 Å². The van der Waals surface area contributed by atoms with Gasteiger partial charge in [0.2, 0.25) is 0 Å². The van der Waals surface area contributed by atoms with Crippen molar-refractivity contribution in [3.8, 4) is 0 Å². The quantitative estimate of drug-likeness (QED) is 0.880. The Kier molecular flexibility index (Phi) is 3.82. The largest absolute Gasteiger partial charge is 0.395 e. The van der Waals surface area contributed by atoms with Crippen LogP contribution in [-0.4, -0.2) is 48.1 Å². The van der Waals surface area contributed by atoms with Crippen LogP contribution in [0.1, 0.15) is 34.6 Å². The van der Waals surface area contributed by atoms with E-state index >= 15 is 0 Å². The molecule has 5 heteroatoms. The molecule has 23 heavy (non-hydrogen) atoms. The molecule has 0 saturated heterocycles. The molecular formula is C18H20N2O3. The van der Waals surface area contributed by atoms with Gasteiger partial charge in [-0.15, -0.1) is 0 Å². The minimum atomic E-state index is -0.245.